The highest BCUT2D eigenvalue weighted by atomic mass is 16.3. The Labute approximate surface area is 111 Å². The Hall–Kier alpha value is -1.12. The third-order valence-corrected chi connectivity index (χ3v) is 3.46. The van der Waals surface area contributed by atoms with Crippen LogP contribution in [0.1, 0.15) is 38.3 Å². The molecule has 100 valence electrons. The standard InChI is InChI=1S/C16H25NO/c1-4-13(12(2)3)10-15(18)11-16(17)14-8-6-5-7-9-14/h4-9,12-13,15-16,18H,1,10-11,17H2,2-3H3. The minimum Gasteiger partial charge on any atom is -0.393 e. The summed E-state index contributed by atoms with van der Waals surface area (Å²) in [6, 6.07) is 9.83. The SMILES string of the molecule is C=CC(CC(O)CC(N)c1ccccc1)C(C)C. The number of aliphatic hydroxyl groups is 1. The summed E-state index contributed by atoms with van der Waals surface area (Å²) in [6.07, 6.45) is 2.90. The van der Waals surface area contributed by atoms with E-state index in [2.05, 4.69) is 20.4 Å². The smallest absolute Gasteiger partial charge is 0.0564 e. The maximum Gasteiger partial charge on any atom is 0.0564 e. The van der Waals surface area contributed by atoms with Crippen molar-refractivity contribution >= 4 is 0 Å². The molecule has 0 saturated carbocycles. The van der Waals surface area contributed by atoms with Crippen molar-refractivity contribution in [2.45, 2.75) is 38.8 Å². The highest BCUT2D eigenvalue weighted by Gasteiger charge is 2.18. The highest BCUT2D eigenvalue weighted by molar-refractivity contribution is 5.18. The van der Waals surface area contributed by atoms with E-state index in [0.717, 1.165) is 12.0 Å². The minimum absolute atomic E-state index is 0.0983. The van der Waals surface area contributed by atoms with Crippen molar-refractivity contribution in [3.63, 3.8) is 0 Å². The third kappa shape index (κ3) is 4.63. The molecule has 1 rings (SSSR count). The van der Waals surface area contributed by atoms with Gasteiger partial charge in [-0.1, -0.05) is 50.3 Å². The molecule has 0 heterocycles. The second-order valence-electron chi connectivity index (χ2n) is 5.29. The van der Waals surface area contributed by atoms with Crippen molar-refractivity contribution in [2.24, 2.45) is 17.6 Å². The van der Waals surface area contributed by atoms with Crippen LogP contribution >= 0.6 is 0 Å². The monoisotopic (exact) mass is 247 g/mol. The van der Waals surface area contributed by atoms with Crippen LogP contribution in [0.4, 0.5) is 0 Å². The highest BCUT2D eigenvalue weighted by Crippen LogP contribution is 2.23. The van der Waals surface area contributed by atoms with Crippen LogP contribution < -0.4 is 5.73 Å². The van der Waals surface area contributed by atoms with Crippen molar-refractivity contribution < 1.29 is 5.11 Å². The molecule has 0 aliphatic heterocycles. The number of hydrogen-bond acceptors (Lipinski definition) is 2. The molecule has 0 fully saturated rings. The van der Waals surface area contributed by atoms with E-state index >= 15 is 0 Å². The summed E-state index contributed by atoms with van der Waals surface area (Å²) in [5.41, 5.74) is 7.18. The summed E-state index contributed by atoms with van der Waals surface area (Å²) in [5.74, 6) is 0.855. The maximum absolute atomic E-state index is 10.1. The van der Waals surface area contributed by atoms with Gasteiger partial charge in [0.15, 0.2) is 0 Å². The molecule has 0 saturated heterocycles. The lowest BCUT2D eigenvalue weighted by Gasteiger charge is -2.22. The van der Waals surface area contributed by atoms with Gasteiger partial charge in [0.1, 0.15) is 0 Å². The fraction of sp³-hybridized carbons (Fsp3) is 0.500. The fourth-order valence-electron chi connectivity index (χ4n) is 2.18. The number of nitrogens with two attached hydrogens (primary N) is 1. The first-order valence-electron chi connectivity index (χ1n) is 6.65. The Morgan fingerprint density at radius 3 is 2.33 bits per heavy atom. The van der Waals surface area contributed by atoms with Crippen LogP contribution in [-0.2, 0) is 0 Å². The van der Waals surface area contributed by atoms with E-state index in [4.69, 9.17) is 5.73 Å². The lowest BCUT2D eigenvalue weighted by Crippen LogP contribution is -2.22. The van der Waals surface area contributed by atoms with Crippen molar-refractivity contribution in [2.75, 3.05) is 0 Å². The van der Waals surface area contributed by atoms with E-state index in [-0.39, 0.29) is 12.1 Å². The van der Waals surface area contributed by atoms with Gasteiger partial charge in [0.2, 0.25) is 0 Å². The topological polar surface area (TPSA) is 46.2 Å². The van der Waals surface area contributed by atoms with Crippen molar-refractivity contribution in [3.8, 4) is 0 Å². The van der Waals surface area contributed by atoms with Gasteiger partial charge < -0.3 is 10.8 Å². The number of aliphatic hydroxyl groups excluding tert-OH is 1. The zero-order valence-electron chi connectivity index (χ0n) is 11.4. The van der Waals surface area contributed by atoms with Gasteiger partial charge in [-0.3, -0.25) is 0 Å². The van der Waals surface area contributed by atoms with Gasteiger partial charge in [-0.15, -0.1) is 6.58 Å². The predicted octanol–water partition coefficient (Wildman–Crippen LogP) is 3.29. The number of hydrogen-bond donors (Lipinski definition) is 2. The van der Waals surface area contributed by atoms with Gasteiger partial charge in [0, 0.05) is 6.04 Å². The van der Waals surface area contributed by atoms with Crippen LogP contribution in [-0.4, -0.2) is 11.2 Å². The minimum atomic E-state index is -0.370. The number of benzene rings is 1. The predicted molar refractivity (Wildman–Crippen MR) is 77.1 cm³/mol. The molecule has 2 nitrogen and oxygen atoms in total. The van der Waals surface area contributed by atoms with Crippen molar-refractivity contribution in [1.29, 1.82) is 0 Å². The second kappa shape index (κ2) is 7.34. The molecule has 1 aromatic rings. The van der Waals surface area contributed by atoms with Gasteiger partial charge in [0.25, 0.3) is 0 Å². The molecule has 0 aliphatic rings. The molecule has 3 N–H and O–H groups in total. The van der Waals surface area contributed by atoms with Crippen LogP contribution in [0.15, 0.2) is 43.0 Å². The average molecular weight is 247 g/mol. The normalized spacial score (nSPS) is 16.3. The van der Waals surface area contributed by atoms with Crippen LogP contribution in [0.3, 0.4) is 0 Å². The molecule has 0 bridgehead atoms. The molecule has 0 radical (unpaired) electrons. The molecule has 3 unspecified atom stereocenters. The van der Waals surface area contributed by atoms with E-state index in [0.29, 0.717) is 18.3 Å². The van der Waals surface area contributed by atoms with E-state index in [1.165, 1.54) is 0 Å². The molecule has 0 aromatic heterocycles. The average Bonchev–Trinajstić information content (AvgIpc) is 2.36. The zero-order valence-corrected chi connectivity index (χ0v) is 11.4. The number of rotatable bonds is 7. The van der Waals surface area contributed by atoms with Gasteiger partial charge in [-0.25, -0.2) is 0 Å². The quantitative estimate of drug-likeness (QED) is 0.726. The molecule has 1 aromatic carbocycles. The molecular formula is C16H25NO. The van der Waals surface area contributed by atoms with Crippen LogP contribution in [0.5, 0.6) is 0 Å². The van der Waals surface area contributed by atoms with E-state index < -0.39 is 0 Å². The largest absolute Gasteiger partial charge is 0.393 e. The maximum atomic E-state index is 10.1. The van der Waals surface area contributed by atoms with E-state index in [1.54, 1.807) is 0 Å². The first-order chi connectivity index (χ1) is 8.54. The summed E-state index contributed by atoms with van der Waals surface area (Å²) in [5, 5.41) is 10.1. The van der Waals surface area contributed by atoms with Gasteiger partial charge in [0.05, 0.1) is 6.10 Å². The lowest BCUT2D eigenvalue weighted by molar-refractivity contribution is 0.124. The van der Waals surface area contributed by atoms with Gasteiger partial charge in [-0.2, -0.15) is 0 Å². The van der Waals surface area contributed by atoms with Gasteiger partial charge in [-0.05, 0) is 30.2 Å². The Morgan fingerprint density at radius 1 is 1.22 bits per heavy atom. The Bertz CT molecular complexity index is 347. The zero-order chi connectivity index (χ0) is 13.5. The molecule has 3 atom stereocenters. The first-order valence-corrected chi connectivity index (χ1v) is 6.65. The summed E-state index contributed by atoms with van der Waals surface area (Å²) in [6.45, 7) is 8.13. The molecular weight excluding hydrogens is 222 g/mol. The summed E-state index contributed by atoms with van der Waals surface area (Å²) < 4.78 is 0. The Balaban J connectivity index is 2.49. The van der Waals surface area contributed by atoms with Crippen LogP contribution in [0, 0.1) is 11.8 Å². The molecule has 0 spiro atoms. The summed E-state index contributed by atoms with van der Waals surface area (Å²) >= 11 is 0. The van der Waals surface area contributed by atoms with Gasteiger partial charge >= 0.3 is 0 Å². The molecule has 18 heavy (non-hydrogen) atoms. The molecule has 0 amide bonds. The van der Waals surface area contributed by atoms with E-state index in [9.17, 15) is 5.11 Å². The number of allylic oxidation sites excluding steroid dienone is 1. The Kier molecular flexibility index (Phi) is 6.10. The first kappa shape index (κ1) is 14.9. The summed E-state index contributed by atoms with van der Waals surface area (Å²) in [4.78, 5) is 0. The third-order valence-electron chi connectivity index (χ3n) is 3.46. The van der Waals surface area contributed by atoms with Crippen molar-refractivity contribution in [3.05, 3.63) is 48.6 Å². The van der Waals surface area contributed by atoms with Crippen LogP contribution in [0.25, 0.3) is 0 Å². The van der Waals surface area contributed by atoms with Crippen molar-refractivity contribution in [1.82, 2.24) is 0 Å². The second-order valence-corrected chi connectivity index (χ2v) is 5.29. The van der Waals surface area contributed by atoms with E-state index in [1.807, 2.05) is 36.4 Å². The fourth-order valence-corrected chi connectivity index (χ4v) is 2.18. The lowest BCUT2D eigenvalue weighted by atomic mass is 9.88. The van der Waals surface area contributed by atoms with Crippen LogP contribution in [0.2, 0.25) is 0 Å². The molecule has 0 aliphatic carbocycles. The molecule has 2 heteroatoms. The summed E-state index contributed by atoms with van der Waals surface area (Å²) in [7, 11) is 0. The Morgan fingerprint density at radius 2 is 1.83 bits per heavy atom.